The number of nitrogens with zero attached hydrogens (tertiary/aromatic N) is 1. The first-order valence-corrected chi connectivity index (χ1v) is 10.1. The van der Waals surface area contributed by atoms with Crippen LogP contribution in [0.4, 0.5) is 10.5 Å². The number of amides is 2. The Hall–Kier alpha value is -1.67. The molecule has 1 fully saturated rings. The number of carbonyl (C=O) groups is 1. The molecule has 2 N–H and O–H groups in total. The molecule has 6 nitrogen and oxygen atoms in total. The fraction of sp³-hybridized carbons (Fsp3) is 0.467. The predicted octanol–water partition coefficient (Wildman–Crippen LogP) is 2.73. The van der Waals surface area contributed by atoms with Gasteiger partial charge >= 0.3 is 6.03 Å². The summed E-state index contributed by atoms with van der Waals surface area (Å²) in [6.45, 7) is 4.19. The molecule has 8 heteroatoms. The van der Waals surface area contributed by atoms with E-state index in [1.807, 2.05) is 12.1 Å². The van der Waals surface area contributed by atoms with Gasteiger partial charge in [-0.25, -0.2) is 18.2 Å². The van der Waals surface area contributed by atoms with Crippen LogP contribution >= 0.6 is 11.3 Å². The maximum atomic E-state index is 12.0. The average Bonchev–Trinajstić information content (AvgIpc) is 3.01. The lowest BCUT2D eigenvalue weighted by Crippen LogP contribution is -2.38. The first-order chi connectivity index (χ1) is 10.8. The van der Waals surface area contributed by atoms with Gasteiger partial charge < -0.3 is 10.6 Å². The van der Waals surface area contributed by atoms with Crippen LogP contribution in [0.15, 0.2) is 18.2 Å². The van der Waals surface area contributed by atoms with Gasteiger partial charge in [0.05, 0.1) is 26.7 Å². The summed E-state index contributed by atoms with van der Waals surface area (Å²) < 4.78 is 23.8. The van der Waals surface area contributed by atoms with Crippen LogP contribution < -0.4 is 10.6 Å². The lowest BCUT2D eigenvalue weighted by Gasteiger charge is -2.12. The van der Waals surface area contributed by atoms with Crippen molar-refractivity contribution < 1.29 is 13.2 Å². The summed E-state index contributed by atoms with van der Waals surface area (Å²) in [7, 11) is -3.00. The SMILES string of the molecule is CC(C)c1nc2ccc(NC(=O)N[C@@H]3CCS(=O)(=O)C3)cc2s1. The minimum Gasteiger partial charge on any atom is -0.334 e. The number of urea groups is 1. The van der Waals surface area contributed by atoms with Crippen molar-refractivity contribution in [2.75, 3.05) is 16.8 Å². The maximum Gasteiger partial charge on any atom is 0.319 e. The van der Waals surface area contributed by atoms with Crippen molar-refractivity contribution in [3.05, 3.63) is 23.2 Å². The highest BCUT2D eigenvalue weighted by atomic mass is 32.2. The van der Waals surface area contributed by atoms with Gasteiger partial charge in [0.15, 0.2) is 9.84 Å². The number of carbonyl (C=O) groups excluding carboxylic acids is 1. The Bertz CT molecular complexity index is 843. The molecule has 0 aliphatic carbocycles. The van der Waals surface area contributed by atoms with Crippen molar-refractivity contribution in [1.29, 1.82) is 0 Å². The number of nitrogens with one attached hydrogen (secondary N) is 2. The van der Waals surface area contributed by atoms with Gasteiger partial charge in [-0.2, -0.15) is 0 Å². The molecule has 0 saturated carbocycles. The second kappa shape index (κ2) is 6.09. The van der Waals surface area contributed by atoms with E-state index in [2.05, 4.69) is 29.5 Å². The molecule has 23 heavy (non-hydrogen) atoms. The molecule has 1 aromatic carbocycles. The van der Waals surface area contributed by atoms with E-state index in [-0.39, 0.29) is 23.6 Å². The monoisotopic (exact) mass is 353 g/mol. The van der Waals surface area contributed by atoms with Crippen molar-refractivity contribution in [3.63, 3.8) is 0 Å². The standard InChI is InChI=1S/C15H19N3O3S2/c1-9(2)14-18-12-4-3-10(7-13(12)22-14)16-15(19)17-11-5-6-23(20,21)8-11/h3-4,7,9,11H,5-6,8H2,1-2H3,(H2,16,17,19)/t11-/m1/s1. The molecular formula is C15H19N3O3S2. The number of fused-ring (bicyclic) bond motifs is 1. The third-order valence-corrected chi connectivity index (χ3v) is 6.81. The van der Waals surface area contributed by atoms with Crippen LogP contribution in [0.5, 0.6) is 0 Å². The first kappa shape index (κ1) is 16.2. The molecule has 1 saturated heterocycles. The van der Waals surface area contributed by atoms with E-state index in [1.54, 1.807) is 17.4 Å². The zero-order chi connectivity index (χ0) is 16.6. The highest BCUT2D eigenvalue weighted by Gasteiger charge is 2.28. The summed E-state index contributed by atoms with van der Waals surface area (Å²) in [6, 6.07) is 4.90. The summed E-state index contributed by atoms with van der Waals surface area (Å²) >= 11 is 1.62. The van der Waals surface area contributed by atoms with Crippen molar-refractivity contribution in [2.24, 2.45) is 0 Å². The summed E-state index contributed by atoms with van der Waals surface area (Å²) in [5, 5.41) is 6.54. The van der Waals surface area contributed by atoms with Gasteiger partial charge in [-0.1, -0.05) is 13.8 Å². The van der Waals surface area contributed by atoms with Gasteiger partial charge in [0.2, 0.25) is 0 Å². The minimum atomic E-state index is -3.00. The van der Waals surface area contributed by atoms with E-state index >= 15 is 0 Å². The summed E-state index contributed by atoms with van der Waals surface area (Å²) in [5.41, 5.74) is 1.60. The molecule has 1 aliphatic heterocycles. The molecule has 0 spiro atoms. The molecule has 124 valence electrons. The smallest absolute Gasteiger partial charge is 0.319 e. The molecule has 2 aromatic rings. The Morgan fingerprint density at radius 1 is 1.39 bits per heavy atom. The number of thiazole rings is 1. The molecule has 0 bridgehead atoms. The molecule has 3 rings (SSSR count). The maximum absolute atomic E-state index is 12.0. The second-order valence-electron chi connectivity index (χ2n) is 6.09. The Labute approximate surface area is 139 Å². The average molecular weight is 353 g/mol. The topological polar surface area (TPSA) is 88.2 Å². The predicted molar refractivity (Wildman–Crippen MR) is 92.9 cm³/mol. The van der Waals surface area contributed by atoms with Crippen molar-refractivity contribution in [1.82, 2.24) is 10.3 Å². The van der Waals surface area contributed by atoms with Gasteiger partial charge in [0.1, 0.15) is 0 Å². The normalized spacial score (nSPS) is 20.0. The van der Waals surface area contributed by atoms with Crippen LogP contribution in [0.1, 0.15) is 31.2 Å². The molecule has 0 radical (unpaired) electrons. The van der Waals surface area contributed by atoms with E-state index in [0.717, 1.165) is 15.2 Å². The van der Waals surface area contributed by atoms with Gasteiger partial charge in [-0.05, 0) is 24.6 Å². The highest BCUT2D eigenvalue weighted by molar-refractivity contribution is 7.91. The van der Waals surface area contributed by atoms with E-state index in [0.29, 0.717) is 18.0 Å². The number of anilines is 1. The van der Waals surface area contributed by atoms with Crippen LogP contribution in [-0.2, 0) is 9.84 Å². The molecule has 2 amide bonds. The zero-order valence-corrected chi connectivity index (χ0v) is 14.6. The Morgan fingerprint density at radius 3 is 2.83 bits per heavy atom. The van der Waals surface area contributed by atoms with Gasteiger partial charge in [-0.3, -0.25) is 0 Å². The van der Waals surface area contributed by atoms with Gasteiger partial charge in [0.25, 0.3) is 0 Å². The number of hydrogen-bond acceptors (Lipinski definition) is 5. The zero-order valence-electron chi connectivity index (χ0n) is 13.0. The molecule has 1 aliphatic rings. The Balaban J connectivity index is 1.67. The quantitative estimate of drug-likeness (QED) is 0.888. The number of sulfone groups is 1. The van der Waals surface area contributed by atoms with E-state index in [1.165, 1.54) is 0 Å². The number of aromatic nitrogens is 1. The molecule has 1 atom stereocenters. The van der Waals surface area contributed by atoms with Gasteiger partial charge in [0, 0.05) is 17.6 Å². The van der Waals surface area contributed by atoms with Crippen molar-refractivity contribution in [2.45, 2.75) is 32.2 Å². The Kier molecular flexibility index (Phi) is 4.29. The fourth-order valence-electron chi connectivity index (χ4n) is 2.53. The van der Waals surface area contributed by atoms with Crippen LogP contribution in [0.2, 0.25) is 0 Å². The van der Waals surface area contributed by atoms with Crippen LogP contribution in [0, 0.1) is 0 Å². The van der Waals surface area contributed by atoms with Gasteiger partial charge in [-0.15, -0.1) is 11.3 Å². The third kappa shape index (κ3) is 3.81. The second-order valence-corrected chi connectivity index (χ2v) is 9.38. The number of hydrogen-bond donors (Lipinski definition) is 2. The largest absolute Gasteiger partial charge is 0.334 e. The summed E-state index contributed by atoms with van der Waals surface area (Å²) in [5.74, 6) is 0.533. The molecule has 1 aromatic heterocycles. The molecule has 0 unspecified atom stereocenters. The number of rotatable bonds is 3. The fourth-order valence-corrected chi connectivity index (χ4v) is 5.21. The van der Waals surface area contributed by atoms with E-state index in [9.17, 15) is 13.2 Å². The number of benzene rings is 1. The third-order valence-electron chi connectivity index (χ3n) is 3.72. The van der Waals surface area contributed by atoms with E-state index in [4.69, 9.17) is 0 Å². The van der Waals surface area contributed by atoms with Crippen LogP contribution in [0.3, 0.4) is 0 Å². The van der Waals surface area contributed by atoms with Crippen molar-refractivity contribution in [3.8, 4) is 0 Å². The lowest BCUT2D eigenvalue weighted by atomic mass is 10.2. The highest BCUT2D eigenvalue weighted by Crippen LogP contribution is 2.29. The lowest BCUT2D eigenvalue weighted by molar-refractivity contribution is 0.249. The molecule has 2 heterocycles. The summed E-state index contributed by atoms with van der Waals surface area (Å²) in [6.07, 6.45) is 0.474. The van der Waals surface area contributed by atoms with Crippen molar-refractivity contribution >= 4 is 43.1 Å². The first-order valence-electron chi connectivity index (χ1n) is 7.51. The Morgan fingerprint density at radius 2 is 2.17 bits per heavy atom. The van der Waals surface area contributed by atoms with E-state index < -0.39 is 9.84 Å². The van der Waals surface area contributed by atoms with Crippen LogP contribution in [0.25, 0.3) is 10.2 Å². The minimum absolute atomic E-state index is 0.0199. The van der Waals surface area contributed by atoms with Crippen LogP contribution in [-0.4, -0.2) is 37.0 Å². The molecular weight excluding hydrogens is 334 g/mol. The summed E-state index contributed by atoms with van der Waals surface area (Å²) in [4.78, 5) is 16.6.